The number of hydrogen-bond donors (Lipinski definition) is 2. The number of sulfonamides is 1. The van der Waals surface area contributed by atoms with Gasteiger partial charge in [0, 0.05) is 25.2 Å². The second-order valence-electron chi connectivity index (χ2n) is 4.25. The standard InChI is InChI=1S/C12H16N4O4S/c1-16-7-14-11(13)12(16)21(17,18)15-8-4-9(19-2)6-10(5-8)20-3/h4-7,15H,13H2,1-3H3. The van der Waals surface area contributed by atoms with Crippen molar-refractivity contribution in [1.29, 1.82) is 0 Å². The van der Waals surface area contributed by atoms with Crippen LogP contribution < -0.4 is 19.9 Å². The number of hydrogen-bond acceptors (Lipinski definition) is 6. The van der Waals surface area contributed by atoms with Gasteiger partial charge in [-0.25, -0.2) is 4.98 Å². The highest BCUT2D eigenvalue weighted by Crippen LogP contribution is 2.28. The minimum absolute atomic E-state index is 0.0696. The summed E-state index contributed by atoms with van der Waals surface area (Å²) in [5.74, 6) is 0.856. The van der Waals surface area contributed by atoms with E-state index in [9.17, 15) is 8.42 Å². The zero-order chi connectivity index (χ0) is 15.6. The quantitative estimate of drug-likeness (QED) is 0.846. The second-order valence-corrected chi connectivity index (χ2v) is 5.85. The van der Waals surface area contributed by atoms with Crippen LogP contribution in [0, 0.1) is 0 Å². The number of nitrogens with zero attached hydrogens (tertiary/aromatic N) is 2. The first-order chi connectivity index (χ1) is 9.87. The lowest BCUT2D eigenvalue weighted by Crippen LogP contribution is -2.17. The zero-order valence-corrected chi connectivity index (χ0v) is 12.6. The molecule has 21 heavy (non-hydrogen) atoms. The van der Waals surface area contributed by atoms with Gasteiger partial charge in [-0.2, -0.15) is 8.42 Å². The maximum Gasteiger partial charge on any atom is 0.281 e. The fourth-order valence-electron chi connectivity index (χ4n) is 1.83. The number of nitrogens with one attached hydrogen (secondary N) is 1. The van der Waals surface area contributed by atoms with Gasteiger partial charge in [0.1, 0.15) is 11.5 Å². The predicted molar refractivity (Wildman–Crippen MR) is 78.0 cm³/mol. The maximum atomic E-state index is 12.4. The number of nitrogens with two attached hydrogens (primary N) is 1. The first-order valence-corrected chi connectivity index (χ1v) is 7.38. The summed E-state index contributed by atoms with van der Waals surface area (Å²) < 4.78 is 38.7. The van der Waals surface area contributed by atoms with Gasteiger partial charge < -0.3 is 19.8 Å². The van der Waals surface area contributed by atoms with Gasteiger partial charge in [-0.05, 0) is 0 Å². The van der Waals surface area contributed by atoms with Crippen molar-refractivity contribution < 1.29 is 17.9 Å². The van der Waals surface area contributed by atoms with Crippen LogP contribution in [0.25, 0.3) is 0 Å². The lowest BCUT2D eigenvalue weighted by Gasteiger charge is -2.11. The second kappa shape index (κ2) is 5.52. The molecule has 114 valence electrons. The van der Waals surface area contributed by atoms with Crippen LogP contribution in [0.4, 0.5) is 11.5 Å². The van der Waals surface area contributed by atoms with E-state index in [0.717, 1.165) is 0 Å². The highest BCUT2D eigenvalue weighted by molar-refractivity contribution is 7.92. The highest BCUT2D eigenvalue weighted by Gasteiger charge is 2.23. The van der Waals surface area contributed by atoms with E-state index >= 15 is 0 Å². The summed E-state index contributed by atoms with van der Waals surface area (Å²) in [6.45, 7) is 0. The van der Waals surface area contributed by atoms with Crippen molar-refractivity contribution >= 4 is 21.5 Å². The Morgan fingerprint density at radius 3 is 2.19 bits per heavy atom. The molecular weight excluding hydrogens is 296 g/mol. The van der Waals surface area contributed by atoms with Crippen molar-refractivity contribution in [2.45, 2.75) is 5.03 Å². The predicted octanol–water partition coefficient (Wildman–Crippen LogP) is 0.820. The number of imidazole rings is 1. The summed E-state index contributed by atoms with van der Waals surface area (Å²) in [6.07, 6.45) is 1.33. The molecule has 1 heterocycles. The Balaban J connectivity index is 2.41. The minimum atomic E-state index is -3.87. The van der Waals surface area contributed by atoms with E-state index in [-0.39, 0.29) is 10.8 Å². The number of aromatic nitrogens is 2. The SMILES string of the molecule is COc1cc(NS(=O)(=O)c2c(N)ncn2C)cc(OC)c1. The minimum Gasteiger partial charge on any atom is -0.497 e. The molecule has 3 N–H and O–H groups in total. The summed E-state index contributed by atoms with van der Waals surface area (Å²) in [6, 6.07) is 4.70. The first kappa shape index (κ1) is 15.0. The van der Waals surface area contributed by atoms with Crippen molar-refractivity contribution in [3.63, 3.8) is 0 Å². The van der Waals surface area contributed by atoms with Gasteiger partial charge in [0.05, 0.1) is 26.2 Å². The average Bonchev–Trinajstić information content (AvgIpc) is 2.77. The molecule has 0 aliphatic carbocycles. The molecule has 0 radical (unpaired) electrons. The van der Waals surface area contributed by atoms with Crippen molar-refractivity contribution in [3.8, 4) is 11.5 Å². The molecular formula is C12H16N4O4S. The van der Waals surface area contributed by atoms with E-state index < -0.39 is 10.0 Å². The smallest absolute Gasteiger partial charge is 0.281 e. The molecule has 0 aliphatic rings. The van der Waals surface area contributed by atoms with Crippen molar-refractivity contribution in [3.05, 3.63) is 24.5 Å². The monoisotopic (exact) mass is 312 g/mol. The molecule has 0 unspecified atom stereocenters. The molecule has 0 spiro atoms. The van der Waals surface area contributed by atoms with Gasteiger partial charge in [0.15, 0.2) is 10.8 Å². The summed E-state index contributed by atoms with van der Waals surface area (Å²) in [7, 11) is 0.635. The summed E-state index contributed by atoms with van der Waals surface area (Å²) >= 11 is 0. The van der Waals surface area contributed by atoms with Gasteiger partial charge in [-0.3, -0.25) is 4.72 Å². The molecule has 8 nitrogen and oxygen atoms in total. The Kier molecular flexibility index (Phi) is 3.94. The van der Waals surface area contributed by atoms with Crippen molar-refractivity contribution in [2.24, 2.45) is 7.05 Å². The van der Waals surface area contributed by atoms with Gasteiger partial charge in [-0.1, -0.05) is 0 Å². The number of methoxy groups -OCH3 is 2. The summed E-state index contributed by atoms with van der Waals surface area (Å²) in [5, 5.41) is -0.107. The van der Waals surface area contributed by atoms with Crippen LogP contribution in [0.3, 0.4) is 0 Å². The molecule has 0 fully saturated rings. The number of aryl methyl sites for hydroxylation is 1. The number of nitrogen functional groups attached to an aromatic ring is 1. The third-order valence-electron chi connectivity index (χ3n) is 2.77. The Hall–Kier alpha value is -2.42. The lowest BCUT2D eigenvalue weighted by molar-refractivity contribution is 0.395. The number of rotatable bonds is 5. The van der Waals surface area contributed by atoms with Gasteiger partial charge >= 0.3 is 0 Å². The van der Waals surface area contributed by atoms with Crippen LogP contribution in [0.15, 0.2) is 29.6 Å². The zero-order valence-electron chi connectivity index (χ0n) is 11.8. The molecule has 9 heteroatoms. The first-order valence-electron chi connectivity index (χ1n) is 5.90. The number of ether oxygens (including phenoxy) is 2. The molecule has 0 saturated heterocycles. The van der Waals surface area contributed by atoms with Crippen molar-refractivity contribution in [1.82, 2.24) is 9.55 Å². The Morgan fingerprint density at radius 2 is 1.76 bits per heavy atom. The van der Waals surface area contributed by atoms with E-state index in [1.165, 1.54) is 37.2 Å². The molecule has 1 aromatic carbocycles. The molecule has 1 aromatic heterocycles. The third kappa shape index (κ3) is 3.02. The van der Waals surface area contributed by atoms with Crippen LogP contribution >= 0.6 is 0 Å². The Morgan fingerprint density at radius 1 is 1.19 bits per heavy atom. The van der Waals surface area contributed by atoms with Crippen LogP contribution in [0.5, 0.6) is 11.5 Å². The van der Waals surface area contributed by atoms with E-state index in [4.69, 9.17) is 15.2 Å². The summed E-state index contributed by atoms with van der Waals surface area (Å²) in [5.41, 5.74) is 5.89. The molecule has 0 bridgehead atoms. The van der Waals surface area contributed by atoms with Crippen LogP contribution in [0.1, 0.15) is 0 Å². The number of benzene rings is 1. The largest absolute Gasteiger partial charge is 0.497 e. The van der Waals surface area contributed by atoms with E-state index in [1.807, 2.05) is 0 Å². The van der Waals surface area contributed by atoms with E-state index in [0.29, 0.717) is 17.2 Å². The fourth-order valence-corrected chi connectivity index (χ4v) is 3.11. The number of anilines is 2. The molecule has 0 atom stereocenters. The fraction of sp³-hybridized carbons (Fsp3) is 0.250. The third-order valence-corrected chi connectivity index (χ3v) is 4.28. The lowest BCUT2D eigenvalue weighted by atomic mass is 10.3. The van der Waals surface area contributed by atoms with Crippen LogP contribution in [-0.2, 0) is 17.1 Å². The van der Waals surface area contributed by atoms with Gasteiger partial charge in [0.25, 0.3) is 10.0 Å². The highest BCUT2D eigenvalue weighted by atomic mass is 32.2. The van der Waals surface area contributed by atoms with E-state index in [1.54, 1.807) is 13.1 Å². The Labute approximate surface area is 122 Å². The molecule has 0 aliphatic heterocycles. The topological polar surface area (TPSA) is 108 Å². The van der Waals surface area contributed by atoms with Crippen LogP contribution in [-0.4, -0.2) is 32.2 Å². The molecule has 2 aromatic rings. The molecule has 2 rings (SSSR count). The van der Waals surface area contributed by atoms with E-state index in [2.05, 4.69) is 9.71 Å². The Bertz CT molecular complexity index is 713. The molecule has 0 saturated carbocycles. The maximum absolute atomic E-state index is 12.4. The van der Waals surface area contributed by atoms with Crippen LogP contribution in [0.2, 0.25) is 0 Å². The van der Waals surface area contributed by atoms with Crippen molar-refractivity contribution in [2.75, 3.05) is 24.7 Å². The normalized spacial score (nSPS) is 11.2. The van der Waals surface area contributed by atoms with Gasteiger partial charge in [-0.15, -0.1) is 0 Å². The average molecular weight is 312 g/mol. The molecule has 0 amide bonds. The summed E-state index contributed by atoms with van der Waals surface area (Å²) in [4.78, 5) is 3.76. The van der Waals surface area contributed by atoms with Gasteiger partial charge in [0.2, 0.25) is 0 Å².